The number of fused-ring (bicyclic) bond motifs is 1. The second-order valence-electron chi connectivity index (χ2n) is 7.05. The van der Waals surface area contributed by atoms with Crippen LogP contribution in [0, 0.1) is 0 Å². The number of hydroxylamine groups is 1. The third-order valence-corrected chi connectivity index (χ3v) is 5.13. The topological polar surface area (TPSA) is 88.2 Å². The van der Waals surface area contributed by atoms with Gasteiger partial charge in [0.2, 0.25) is 0 Å². The molecule has 1 amide bonds. The molecule has 1 fully saturated rings. The maximum atomic E-state index is 11.1. The van der Waals surface area contributed by atoms with Gasteiger partial charge in [-0.2, -0.15) is 0 Å². The Bertz CT molecular complexity index is 984. The molecule has 2 N–H and O–H groups in total. The number of amides is 1. The second-order valence-corrected chi connectivity index (χ2v) is 7.05. The summed E-state index contributed by atoms with van der Waals surface area (Å²) in [6, 6.07) is 10.6. The van der Waals surface area contributed by atoms with Gasteiger partial charge in [-0.3, -0.25) is 10.0 Å². The Morgan fingerprint density at radius 1 is 1.21 bits per heavy atom. The molecule has 0 atom stereocenters. The lowest BCUT2D eigenvalue weighted by atomic mass is 10.2. The van der Waals surface area contributed by atoms with Crippen LogP contribution in [0.15, 0.2) is 42.6 Å². The van der Waals surface area contributed by atoms with Gasteiger partial charge in [0.25, 0.3) is 5.91 Å². The first-order valence-electron chi connectivity index (χ1n) is 9.55. The lowest BCUT2D eigenvalue weighted by Gasteiger charge is -2.17. The molecule has 3 aromatic rings. The standard InChI is InChI=1S/C20H24N6O2/c27-20(22-28)8-7-17-14-25(23-21-17)15-18-13-16-5-1-2-6-19(16)26(18)12-11-24-9-3-4-10-24/h1-2,5-8,13-14,28H,3-4,9-12,15H2,(H,22,27)/b8-7+. The number of nitrogens with one attached hydrogen (secondary N) is 1. The van der Waals surface area contributed by atoms with Gasteiger partial charge in [0, 0.05) is 30.4 Å². The molecule has 1 saturated heterocycles. The number of benzene rings is 1. The molecule has 8 heteroatoms. The van der Waals surface area contributed by atoms with E-state index >= 15 is 0 Å². The monoisotopic (exact) mass is 380 g/mol. The fourth-order valence-corrected chi connectivity index (χ4v) is 3.74. The molecule has 0 saturated carbocycles. The summed E-state index contributed by atoms with van der Waals surface area (Å²) in [4.78, 5) is 13.6. The zero-order chi connectivity index (χ0) is 19.3. The number of hydrogen-bond acceptors (Lipinski definition) is 5. The molecule has 146 valence electrons. The van der Waals surface area contributed by atoms with Crippen LogP contribution >= 0.6 is 0 Å². The van der Waals surface area contributed by atoms with Crippen molar-refractivity contribution in [2.75, 3.05) is 19.6 Å². The van der Waals surface area contributed by atoms with Crippen molar-refractivity contribution < 1.29 is 10.0 Å². The number of aromatic nitrogens is 4. The average molecular weight is 380 g/mol. The Hall–Kier alpha value is -2.97. The van der Waals surface area contributed by atoms with Crippen LogP contribution in [0.5, 0.6) is 0 Å². The molecule has 1 aromatic carbocycles. The first-order chi connectivity index (χ1) is 13.7. The lowest BCUT2D eigenvalue weighted by Crippen LogP contribution is -2.25. The third kappa shape index (κ3) is 4.13. The summed E-state index contributed by atoms with van der Waals surface area (Å²) in [7, 11) is 0. The summed E-state index contributed by atoms with van der Waals surface area (Å²) >= 11 is 0. The van der Waals surface area contributed by atoms with Crippen LogP contribution in [0.3, 0.4) is 0 Å². The molecule has 2 aromatic heterocycles. The number of rotatable bonds is 7. The SMILES string of the molecule is O=C(/C=C/c1cn(Cc2cc3ccccc3n2CCN2CCCC2)nn1)NO. The molecule has 1 aliphatic rings. The van der Waals surface area contributed by atoms with E-state index in [1.807, 2.05) is 0 Å². The van der Waals surface area contributed by atoms with Gasteiger partial charge >= 0.3 is 0 Å². The minimum atomic E-state index is -0.600. The smallest absolute Gasteiger partial charge is 0.267 e. The van der Waals surface area contributed by atoms with Crippen molar-refractivity contribution in [3.05, 3.63) is 54.0 Å². The Kier molecular flexibility index (Phi) is 5.50. The molecule has 0 unspecified atom stereocenters. The van der Waals surface area contributed by atoms with Crippen molar-refractivity contribution in [2.24, 2.45) is 0 Å². The van der Waals surface area contributed by atoms with Crippen LogP contribution in [0.1, 0.15) is 24.2 Å². The van der Waals surface area contributed by atoms with Crippen molar-refractivity contribution in [1.29, 1.82) is 0 Å². The van der Waals surface area contributed by atoms with Crippen molar-refractivity contribution in [1.82, 2.24) is 29.9 Å². The van der Waals surface area contributed by atoms with E-state index in [2.05, 4.69) is 50.1 Å². The molecule has 8 nitrogen and oxygen atoms in total. The molecular weight excluding hydrogens is 356 g/mol. The van der Waals surface area contributed by atoms with Gasteiger partial charge in [-0.1, -0.05) is 23.4 Å². The second kappa shape index (κ2) is 8.37. The summed E-state index contributed by atoms with van der Waals surface area (Å²) in [6.45, 7) is 4.97. The highest BCUT2D eigenvalue weighted by Crippen LogP contribution is 2.21. The van der Waals surface area contributed by atoms with Crippen LogP contribution in [0.2, 0.25) is 0 Å². The number of para-hydroxylation sites is 1. The summed E-state index contributed by atoms with van der Waals surface area (Å²) < 4.78 is 4.13. The quantitative estimate of drug-likeness (QED) is 0.371. The van der Waals surface area contributed by atoms with Crippen molar-refractivity contribution in [2.45, 2.75) is 25.9 Å². The third-order valence-electron chi connectivity index (χ3n) is 5.13. The summed E-state index contributed by atoms with van der Waals surface area (Å²) in [5.41, 5.74) is 4.52. The molecule has 28 heavy (non-hydrogen) atoms. The van der Waals surface area contributed by atoms with Crippen molar-refractivity contribution in [3.63, 3.8) is 0 Å². The summed E-state index contributed by atoms with van der Waals surface area (Å²) in [6.07, 6.45) is 7.09. The fraction of sp³-hybridized carbons (Fsp3) is 0.350. The number of carbonyl (C=O) groups excluding carboxylic acids is 1. The number of nitrogens with zero attached hydrogens (tertiary/aromatic N) is 5. The predicted octanol–water partition coefficient (Wildman–Crippen LogP) is 1.90. The molecule has 0 spiro atoms. The zero-order valence-electron chi connectivity index (χ0n) is 15.7. The van der Waals surface area contributed by atoms with Crippen LogP contribution < -0.4 is 5.48 Å². The molecular formula is C20H24N6O2. The van der Waals surface area contributed by atoms with E-state index in [1.54, 1.807) is 16.4 Å². The van der Waals surface area contributed by atoms with E-state index < -0.39 is 5.91 Å². The predicted molar refractivity (Wildman–Crippen MR) is 106 cm³/mol. The molecule has 0 bridgehead atoms. The van der Waals surface area contributed by atoms with Crippen molar-refractivity contribution in [3.8, 4) is 0 Å². The highest BCUT2D eigenvalue weighted by Gasteiger charge is 2.14. The minimum absolute atomic E-state index is 0.559. The molecule has 0 aliphatic carbocycles. The largest absolute Gasteiger partial charge is 0.342 e. The van der Waals surface area contributed by atoms with E-state index in [4.69, 9.17) is 5.21 Å². The maximum Gasteiger partial charge on any atom is 0.267 e. The van der Waals surface area contributed by atoms with Crippen LogP contribution in [-0.2, 0) is 17.9 Å². The van der Waals surface area contributed by atoms with Crippen LogP contribution in [0.25, 0.3) is 17.0 Å². The number of hydrogen-bond donors (Lipinski definition) is 2. The summed E-state index contributed by atoms with van der Waals surface area (Å²) in [5, 5.41) is 18.0. The molecule has 0 radical (unpaired) electrons. The van der Waals surface area contributed by atoms with Gasteiger partial charge in [0.15, 0.2) is 0 Å². The number of carbonyl (C=O) groups is 1. The van der Waals surface area contributed by atoms with Gasteiger partial charge in [-0.15, -0.1) is 5.10 Å². The van der Waals surface area contributed by atoms with Gasteiger partial charge in [0.1, 0.15) is 5.69 Å². The van der Waals surface area contributed by atoms with Gasteiger partial charge in [-0.25, -0.2) is 10.2 Å². The molecule has 3 heterocycles. The lowest BCUT2D eigenvalue weighted by molar-refractivity contribution is -0.124. The van der Waals surface area contributed by atoms with Crippen LogP contribution in [0.4, 0.5) is 0 Å². The normalized spacial score (nSPS) is 15.0. The Balaban J connectivity index is 1.54. The van der Waals surface area contributed by atoms with E-state index in [0.29, 0.717) is 12.2 Å². The summed E-state index contributed by atoms with van der Waals surface area (Å²) in [5.74, 6) is -0.600. The fourth-order valence-electron chi connectivity index (χ4n) is 3.74. The number of likely N-dealkylation sites (tertiary alicyclic amines) is 1. The average Bonchev–Trinajstić information content (AvgIpc) is 3.45. The highest BCUT2D eigenvalue weighted by atomic mass is 16.5. The minimum Gasteiger partial charge on any atom is -0.342 e. The van der Waals surface area contributed by atoms with Crippen LogP contribution in [-0.4, -0.2) is 55.2 Å². The van der Waals surface area contributed by atoms with Gasteiger partial charge in [-0.05, 0) is 49.5 Å². The molecule has 1 aliphatic heterocycles. The van der Waals surface area contributed by atoms with Crippen molar-refractivity contribution >= 4 is 22.9 Å². The first kappa shape index (κ1) is 18.4. The zero-order valence-corrected chi connectivity index (χ0v) is 15.7. The van der Waals surface area contributed by atoms with E-state index in [1.165, 1.54) is 54.7 Å². The maximum absolute atomic E-state index is 11.1. The highest BCUT2D eigenvalue weighted by molar-refractivity contribution is 5.90. The Morgan fingerprint density at radius 2 is 2.04 bits per heavy atom. The van der Waals surface area contributed by atoms with E-state index in [0.717, 1.165) is 13.1 Å². The van der Waals surface area contributed by atoms with E-state index in [9.17, 15) is 4.79 Å². The Labute approximate surface area is 163 Å². The van der Waals surface area contributed by atoms with Gasteiger partial charge in [0.05, 0.1) is 12.7 Å². The molecule has 4 rings (SSSR count). The van der Waals surface area contributed by atoms with Gasteiger partial charge < -0.3 is 9.47 Å². The Morgan fingerprint density at radius 3 is 2.86 bits per heavy atom. The first-order valence-corrected chi connectivity index (χ1v) is 9.55. The van der Waals surface area contributed by atoms with E-state index in [-0.39, 0.29) is 0 Å².